The Bertz CT molecular complexity index is 914. The lowest BCUT2D eigenvalue weighted by atomic mass is 10.3. The quantitative estimate of drug-likeness (QED) is 0.498. The van der Waals surface area contributed by atoms with E-state index in [-0.39, 0.29) is 28.3 Å². The SMILES string of the molecule is O=C(CSc1n[nH]c(COc2ccccc2)n1)Nc1c(Cl)cc(Cl)cc1Cl. The summed E-state index contributed by atoms with van der Waals surface area (Å²) >= 11 is 19.1. The zero-order chi connectivity index (χ0) is 19.2. The van der Waals surface area contributed by atoms with Crippen LogP contribution in [0.4, 0.5) is 5.69 Å². The number of para-hydroxylation sites is 1. The molecule has 0 atom stereocenters. The maximum Gasteiger partial charge on any atom is 0.234 e. The van der Waals surface area contributed by atoms with Crippen LogP contribution < -0.4 is 10.1 Å². The highest BCUT2D eigenvalue weighted by Crippen LogP contribution is 2.33. The monoisotopic (exact) mass is 442 g/mol. The second kappa shape index (κ2) is 9.32. The molecule has 0 radical (unpaired) electrons. The number of thioether (sulfide) groups is 1. The van der Waals surface area contributed by atoms with Crippen molar-refractivity contribution in [3.8, 4) is 5.75 Å². The number of carbonyl (C=O) groups excluding carboxylic acids is 1. The number of ether oxygens (including phenoxy) is 1. The van der Waals surface area contributed by atoms with Gasteiger partial charge < -0.3 is 10.1 Å². The first-order valence-electron chi connectivity index (χ1n) is 7.67. The van der Waals surface area contributed by atoms with Gasteiger partial charge in [-0.2, -0.15) is 0 Å². The van der Waals surface area contributed by atoms with E-state index in [0.717, 1.165) is 5.75 Å². The van der Waals surface area contributed by atoms with Crippen LogP contribution in [-0.2, 0) is 11.4 Å². The fourth-order valence-corrected chi connectivity index (χ4v) is 3.57. The van der Waals surface area contributed by atoms with Crippen LogP contribution in [0.3, 0.4) is 0 Å². The molecule has 0 aliphatic heterocycles. The van der Waals surface area contributed by atoms with Crippen LogP contribution in [0.5, 0.6) is 5.75 Å². The Morgan fingerprint density at radius 1 is 1.15 bits per heavy atom. The number of aromatic nitrogens is 3. The second-order valence-electron chi connectivity index (χ2n) is 5.25. The molecule has 0 bridgehead atoms. The fraction of sp³-hybridized carbons (Fsp3) is 0.118. The topological polar surface area (TPSA) is 79.9 Å². The van der Waals surface area contributed by atoms with Gasteiger partial charge in [0.1, 0.15) is 12.4 Å². The van der Waals surface area contributed by atoms with Crippen molar-refractivity contribution in [2.45, 2.75) is 11.8 Å². The molecule has 3 rings (SSSR count). The smallest absolute Gasteiger partial charge is 0.234 e. The zero-order valence-electron chi connectivity index (χ0n) is 13.7. The average Bonchev–Trinajstić information content (AvgIpc) is 3.10. The van der Waals surface area contributed by atoms with Crippen molar-refractivity contribution in [2.75, 3.05) is 11.1 Å². The lowest BCUT2D eigenvalue weighted by Gasteiger charge is -2.09. The van der Waals surface area contributed by atoms with E-state index in [2.05, 4.69) is 20.5 Å². The number of benzene rings is 2. The molecule has 3 aromatic rings. The van der Waals surface area contributed by atoms with Crippen molar-refractivity contribution in [1.82, 2.24) is 15.2 Å². The lowest BCUT2D eigenvalue weighted by molar-refractivity contribution is -0.113. The number of hydrogen-bond acceptors (Lipinski definition) is 5. The van der Waals surface area contributed by atoms with E-state index in [0.29, 0.717) is 21.7 Å². The van der Waals surface area contributed by atoms with Crippen LogP contribution in [-0.4, -0.2) is 26.8 Å². The number of anilines is 1. The third-order valence-electron chi connectivity index (χ3n) is 3.23. The molecule has 1 heterocycles. The van der Waals surface area contributed by atoms with Crippen LogP contribution >= 0.6 is 46.6 Å². The van der Waals surface area contributed by atoms with Gasteiger partial charge in [0.25, 0.3) is 0 Å². The molecule has 0 saturated heterocycles. The molecule has 0 aliphatic carbocycles. The molecule has 0 saturated carbocycles. The van der Waals surface area contributed by atoms with Gasteiger partial charge in [-0.15, -0.1) is 5.10 Å². The Balaban J connectivity index is 1.50. The molecule has 2 N–H and O–H groups in total. The van der Waals surface area contributed by atoms with E-state index in [1.165, 1.54) is 23.9 Å². The Labute approximate surface area is 174 Å². The van der Waals surface area contributed by atoms with E-state index in [4.69, 9.17) is 39.5 Å². The first kappa shape index (κ1) is 19.8. The maximum absolute atomic E-state index is 12.1. The Kier molecular flexibility index (Phi) is 6.84. The van der Waals surface area contributed by atoms with Gasteiger partial charge in [-0.3, -0.25) is 9.89 Å². The fourth-order valence-electron chi connectivity index (χ4n) is 2.04. The summed E-state index contributed by atoms with van der Waals surface area (Å²) in [5.74, 6) is 1.09. The summed E-state index contributed by atoms with van der Waals surface area (Å²) in [6, 6.07) is 12.4. The van der Waals surface area contributed by atoms with Gasteiger partial charge in [-0.1, -0.05) is 64.8 Å². The minimum Gasteiger partial charge on any atom is -0.486 e. The number of nitrogens with one attached hydrogen (secondary N) is 2. The molecule has 1 aromatic heterocycles. The van der Waals surface area contributed by atoms with E-state index in [9.17, 15) is 4.79 Å². The molecular formula is C17H13Cl3N4O2S. The molecule has 6 nitrogen and oxygen atoms in total. The summed E-state index contributed by atoms with van der Waals surface area (Å²) in [6.07, 6.45) is 0. The minimum absolute atomic E-state index is 0.0894. The zero-order valence-corrected chi connectivity index (χ0v) is 16.8. The standard InChI is InChI=1S/C17H13Cl3N4O2S/c18-10-6-12(19)16(13(20)7-10)22-15(25)9-27-17-21-14(23-24-17)8-26-11-4-2-1-3-5-11/h1-7H,8-9H2,(H,22,25)(H,21,23,24). The molecule has 10 heteroatoms. The van der Waals surface area contributed by atoms with Gasteiger partial charge in [0, 0.05) is 5.02 Å². The van der Waals surface area contributed by atoms with Crippen molar-refractivity contribution >= 4 is 58.2 Å². The highest BCUT2D eigenvalue weighted by molar-refractivity contribution is 7.99. The van der Waals surface area contributed by atoms with Crippen LogP contribution in [0.15, 0.2) is 47.6 Å². The molecular weight excluding hydrogens is 431 g/mol. The summed E-state index contributed by atoms with van der Waals surface area (Å²) in [6.45, 7) is 0.250. The minimum atomic E-state index is -0.294. The van der Waals surface area contributed by atoms with Gasteiger partial charge in [0.05, 0.1) is 21.5 Å². The number of carbonyl (C=O) groups is 1. The van der Waals surface area contributed by atoms with E-state index in [1.54, 1.807) is 0 Å². The van der Waals surface area contributed by atoms with Gasteiger partial charge in [0.2, 0.25) is 11.1 Å². The van der Waals surface area contributed by atoms with Crippen molar-refractivity contribution in [3.63, 3.8) is 0 Å². The van der Waals surface area contributed by atoms with Crippen LogP contribution in [0.25, 0.3) is 0 Å². The molecule has 27 heavy (non-hydrogen) atoms. The maximum atomic E-state index is 12.1. The third kappa shape index (κ3) is 5.77. The lowest BCUT2D eigenvalue weighted by Crippen LogP contribution is -2.14. The number of halogens is 3. The van der Waals surface area contributed by atoms with Crippen LogP contribution in [0.1, 0.15) is 5.82 Å². The highest BCUT2D eigenvalue weighted by Gasteiger charge is 2.13. The summed E-state index contributed by atoms with van der Waals surface area (Å²) in [5, 5.41) is 10.8. The summed E-state index contributed by atoms with van der Waals surface area (Å²) in [4.78, 5) is 16.4. The second-order valence-corrected chi connectivity index (χ2v) is 7.44. The predicted molar refractivity (Wildman–Crippen MR) is 108 cm³/mol. The summed E-state index contributed by atoms with van der Waals surface area (Å²) in [7, 11) is 0. The molecule has 0 unspecified atom stereocenters. The molecule has 0 aliphatic rings. The largest absolute Gasteiger partial charge is 0.486 e. The van der Waals surface area contributed by atoms with E-state index < -0.39 is 0 Å². The normalized spacial score (nSPS) is 10.6. The van der Waals surface area contributed by atoms with Crippen molar-refractivity contribution in [2.24, 2.45) is 0 Å². The van der Waals surface area contributed by atoms with Gasteiger partial charge in [-0.25, -0.2) is 4.98 Å². The Morgan fingerprint density at radius 2 is 1.85 bits per heavy atom. The molecule has 0 spiro atoms. The van der Waals surface area contributed by atoms with Crippen LogP contribution in [0.2, 0.25) is 15.1 Å². The number of H-pyrrole nitrogens is 1. The van der Waals surface area contributed by atoms with E-state index in [1.807, 2.05) is 30.3 Å². The number of nitrogens with zero attached hydrogens (tertiary/aromatic N) is 2. The first-order chi connectivity index (χ1) is 13.0. The number of aromatic amines is 1. The van der Waals surface area contributed by atoms with Gasteiger partial charge >= 0.3 is 0 Å². The third-order valence-corrected chi connectivity index (χ3v) is 4.90. The van der Waals surface area contributed by atoms with Crippen molar-refractivity contribution in [3.05, 3.63) is 63.4 Å². The number of hydrogen-bond donors (Lipinski definition) is 2. The first-order valence-corrected chi connectivity index (χ1v) is 9.79. The van der Waals surface area contributed by atoms with Crippen molar-refractivity contribution < 1.29 is 9.53 Å². The van der Waals surface area contributed by atoms with Crippen molar-refractivity contribution in [1.29, 1.82) is 0 Å². The van der Waals surface area contributed by atoms with E-state index >= 15 is 0 Å². The van der Waals surface area contributed by atoms with Gasteiger partial charge in [-0.05, 0) is 24.3 Å². The van der Waals surface area contributed by atoms with Crippen LogP contribution in [0, 0.1) is 0 Å². The summed E-state index contributed by atoms with van der Waals surface area (Å²) < 4.78 is 5.58. The molecule has 2 aromatic carbocycles. The Hall–Kier alpha value is -1.93. The Morgan fingerprint density at radius 3 is 2.56 bits per heavy atom. The number of amides is 1. The molecule has 0 fully saturated rings. The highest BCUT2D eigenvalue weighted by atomic mass is 35.5. The van der Waals surface area contributed by atoms with Gasteiger partial charge in [0.15, 0.2) is 5.82 Å². The molecule has 1 amide bonds. The predicted octanol–water partition coefficient (Wildman–Crippen LogP) is 5.07. The average molecular weight is 444 g/mol. The number of rotatable bonds is 7. The molecule has 140 valence electrons. The summed E-state index contributed by atoms with van der Waals surface area (Å²) in [5.41, 5.74) is 0.320.